The van der Waals surface area contributed by atoms with E-state index in [9.17, 15) is 4.39 Å². The fourth-order valence-corrected chi connectivity index (χ4v) is 2.46. The number of hydrogen-bond donors (Lipinski definition) is 1. The molecule has 1 fully saturated rings. The summed E-state index contributed by atoms with van der Waals surface area (Å²) in [6, 6.07) is 5.06. The minimum Gasteiger partial charge on any atom is -0.368 e. The van der Waals surface area contributed by atoms with Crippen molar-refractivity contribution < 1.29 is 4.39 Å². The molecule has 1 heterocycles. The van der Waals surface area contributed by atoms with Gasteiger partial charge in [-0.3, -0.25) is 0 Å². The Bertz CT molecular complexity index is 405. The van der Waals surface area contributed by atoms with E-state index in [1.165, 1.54) is 0 Å². The zero-order valence-electron chi connectivity index (χ0n) is 10.9. The molecule has 1 atom stereocenters. The van der Waals surface area contributed by atoms with Gasteiger partial charge in [-0.1, -0.05) is 6.92 Å². The second kappa shape index (κ2) is 4.65. The van der Waals surface area contributed by atoms with Gasteiger partial charge in [0.05, 0.1) is 0 Å². The third-order valence-electron chi connectivity index (χ3n) is 3.75. The number of hydrogen-bond acceptors (Lipinski definition) is 2. The molecule has 0 aromatic heterocycles. The summed E-state index contributed by atoms with van der Waals surface area (Å²) >= 11 is 0. The van der Waals surface area contributed by atoms with Crippen molar-refractivity contribution in [3.8, 4) is 0 Å². The lowest BCUT2D eigenvalue weighted by molar-refractivity contribution is 0.314. The molecule has 0 spiro atoms. The number of rotatable bonds is 2. The number of anilines is 1. The maximum absolute atomic E-state index is 13.1. The van der Waals surface area contributed by atoms with Crippen LogP contribution in [0, 0.1) is 12.7 Å². The SMILES string of the molecule is CCC1(C)CN(c2ccc(F)cc2C)CCN1. The summed E-state index contributed by atoms with van der Waals surface area (Å²) < 4.78 is 13.1. The fraction of sp³-hybridized carbons (Fsp3) is 0.571. The maximum atomic E-state index is 13.1. The molecule has 0 amide bonds. The predicted octanol–water partition coefficient (Wildman–Crippen LogP) is 2.71. The molecule has 2 nitrogen and oxygen atoms in total. The van der Waals surface area contributed by atoms with Crippen LogP contribution in [-0.2, 0) is 0 Å². The lowest BCUT2D eigenvalue weighted by Gasteiger charge is -2.42. The molecule has 0 saturated carbocycles. The third kappa shape index (κ3) is 2.60. The van der Waals surface area contributed by atoms with Crippen molar-refractivity contribution in [3.05, 3.63) is 29.6 Å². The third-order valence-corrected chi connectivity index (χ3v) is 3.75. The molecule has 1 aromatic carbocycles. The number of aryl methyl sites for hydroxylation is 1. The molecule has 1 N–H and O–H groups in total. The lowest BCUT2D eigenvalue weighted by Crippen LogP contribution is -2.58. The van der Waals surface area contributed by atoms with E-state index in [0.29, 0.717) is 0 Å². The second-order valence-electron chi connectivity index (χ2n) is 5.19. The zero-order chi connectivity index (χ0) is 12.5. The molecule has 0 bridgehead atoms. The first kappa shape index (κ1) is 12.4. The van der Waals surface area contributed by atoms with Crippen LogP contribution >= 0.6 is 0 Å². The monoisotopic (exact) mass is 236 g/mol. The van der Waals surface area contributed by atoms with Crippen LogP contribution in [0.2, 0.25) is 0 Å². The van der Waals surface area contributed by atoms with Gasteiger partial charge in [-0.25, -0.2) is 4.39 Å². The van der Waals surface area contributed by atoms with Crippen molar-refractivity contribution >= 4 is 5.69 Å². The fourth-order valence-electron chi connectivity index (χ4n) is 2.46. The topological polar surface area (TPSA) is 15.3 Å². The first-order valence-electron chi connectivity index (χ1n) is 6.30. The van der Waals surface area contributed by atoms with Crippen molar-refractivity contribution in [2.24, 2.45) is 0 Å². The smallest absolute Gasteiger partial charge is 0.123 e. The van der Waals surface area contributed by atoms with E-state index >= 15 is 0 Å². The Morgan fingerprint density at radius 2 is 2.24 bits per heavy atom. The summed E-state index contributed by atoms with van der Waals surface area (Å²) in [5.74, 6) is -0.153. The van der Waals surface area contributed by atoms with Crippen molar-refractivity contribution in [2.75, 3.05) is 24.5 Å². The molecule has 17 heavy (non-hydrogen) atoms. The molecular weight excluding hydrogens is 215 g/mol. The van der Waals surface area contributed by atoms with Gasteiger partial charge in [0.25, 0.3) is 0 Å². The second-order valence-corrected chi connectivity index (χ2v) is 5.19. The van der Waals surface area contributed by atoms with Crippen LogP contribution in [0.25, 0.3) is 0 Å². The summed E-state index contributed by atoms with van der Waals surface area (Å²) in [5, 5.41) is 3.56. The van der Waals surface area contributed by atoms with Gasteiger partial charge in [-0.05, 0) is 44.0 Å². The average Bonchev–Trinajstić information content (AvgIpc) is 2.29. The Morgan fingerprint density at radius 3 is 2.88 bits per heavy atom. The average molecular weight is 236 g/mol. The quantitative estimate of drug-likeness (QED) is 0.849. The van der Waals surface area contributed by atoms with Gasteiger partial charge >= 0.3 is 0 Å². The summed E-state index contributed by atoms with van der Waals surface area (Å²) in [5.41, 5.74) is 2.34. The molecule has 3 heteroatoms. The van der Waals surface area contributed by atoms with Crippen LogP contribution in [0.4, 0.5) is 10.1 Å². The molecule has 1 aromatic rings. The van der Waals surface area contributed by atoms with Crippen LogP contribution in [0.5, 0.6) is 0 Å². The Balaban J connectivity index is 2.22. The molecule has 1 aliphatic rings. The first-order chi connectivity index (χ1) is 8.04. The van der Waals surface area contributed by atoms with Gasteiger partial charge in [0.1, 0.15) is 5.82 Å². The van der Waals surface area contributed by atoms with Crippen LogP contribution in [-0.4, -0.2) is 25.2 Å². The Morgan fingerprint density at radius 1 is 1.47 bits per heavy atom. The standard InChI is InChI=1S/C14H21FN2/c1-4-14(3)10-17(8-7-16-14)13-6-5-12(15)9-11(13)2/h5-6,9,16H,4,7-8,10H2,1-3H3. The molecule has 1 aliphatic heterocycles. The van der Waals surface area contributed by atoms with Crippen molar-refractivity contribution in [3.63, 3.8) is 0 Å². The molecule has 0 aliphatic carbocycles. The molecular formula is C14H21FN2. The largest absolute Gasteiger partial charge is 0.368 e. The van der Waals surface area contributed by atoms with Gasteiger partial charge in [-0.2, -0.15) is 0 Å². The van der Waals surface area contributed by atoms with Crippen molar-refractivity contribution in [1.82, 2.24) is 5.32 Å². The van der Waals surface area contributed by atoms with Crippen LogP contribution in [0.1, 0.15) is 25.8 Å². The Kier molecular flexibility index (Phi) is 3.38. The van der Waals surface area contributed by atoms with Crippen LogP contribution < -0.4 is 10.2 Å². The van der Waals surface area contributed by atoms with E-state index < -0.39 is 0 Å². The van der Waals surface area contributed by atoms with E-state index in [2.05, 4.69) is 24.1 Å². The highest BCUT2D eigenvalue weighted by Crippen LogP contribution is 2.25. The number of nitrogens with zero attached hydrogens (tertiary/aromatic N) is 1. The van der Waals surface area contributed by atoms with E-state index in [1.807, 2.05) is 13.0 Å². The molecule has 1 unspecified atom stereocenters. The number of benzene rings is 1. The highest BCUT2D eigenvalue weighted by molar-refractivity contribution is 5.54. The van der Waals surface area contributed by atoms with Gasteiger partial charge in [0.15, 0.2) is 0 Å². The van der Waals surface area contributed by atoms with E-state index in [4.69, 9.17) is 0 Å². The molecule has 1 saturated heterocycles. The predicted molar refractivity (Wildman–Crippen MR) is 70.0 cm³/mol. The maximum Gasteiger partial charge on any atom is 0.123 e. The zero-order valence-corrected chi connectivity index (χ0v) is 10.9. The lowest BCUT2D eigenvalue weighted by atomic mass is 9.95. The van der Waals surface area contributed by atoms with Gasteiger partial charge < -0.3 is 10.2 Å². The Labute approximate surface area is 103 Å². The summed E-state index contributed by atoms with van der Waals surface area (Å²) in [4.78, 5) is 2.36. The highest BCUT2D eigenvalue weighted by Gasteiger charge is 2.29. The number of halogens is 1. The molecule has 0 radical (unpaired) electrons. The minimum atomic E-state index is -0.153. The van der Waals surface area contributed by atoms with E-state index in [-0.39, 0.29) is 11.4 Å². The minimum absolute atomic E-state index is 0.153. The normalized spacial score (nSPS) is 25.1. The first-order valence-corrected chi connectivity index (χ1v) is 6.30. The van der Waals surface area contributed by atoms with Crippen molar-refractivity contribution in [2.45, 2.75) is 32.7 Å². The van der Waals surface area contributed by atoms with Gasteiger partial charge in [0.2, 0.25) is 0 Å². The van der Waals surface area contributed by atoms with Gasteiger partial charge in [-0.15, -0.1) is 0 Å². The van der Waals surface area contributed by atoms with Crippen LogP contribution in [0.3, 0.4) is 0 Å². The number of nitrogens with one attached hydrogen (secondary N) is 1. The summed E-state index contributed by atoms with van der Waals surface area (Å²) in [6.45, 7) is 9.38. The van der Waals surface area contributed by atoms with Crippen LogP contribution in [0.15, 0.2) is 18.2 Å². The Hall–Kier alpha value is -1.09. The summed E-state index contributed by atoms with van der Waals surface area (Å²) in [7, 11) is 0. The molecule has 2 rings (SSSR count). The van der Waals surface area contributed by atoms with Gasteiger partial charge in [0, 0.05) is 30.9 Å². The van der Waals surface area contributed by atoms with E-state index in [0.717, 1.165) is 37.3 Å². The van der Waals surface area contributed by atoms with E-state index in [1.54, 1.807) is 12.1 Å². The van der Waals surface area contributed by atoms with Crippen molar-refractivity contribution in [1.29, 1.82) is 0 Å². The number of piperazine rings is 1. The highest BCUT2D eigenvalue weighted by atomic mass is 19.1. The molecule has 94 valence electrons. The summed E-state index contributed by atoms with van der Waals surface area (Å²) in [6.07, 6.45) is 1.10.